The number of nitrogens with one attached hydrogen (secondary N) is 1. The Morgan fingerprint density at radius 2 is 2.04 bits per heavy atom. The second-order valence-corrected chi connectivity index (χ2v) is 8.28. The van der Waals surface area contributed by atoms with Crippen molar-refractivity contribution >= 4 is 32.7 Å². The summed E-state index contributed by atoms with van der Waals surface area (Å²) in [6.07, 6.45) is 7.70. The van der Waals surface area contributed by atoms with Crippen molar-refractivity contribution in [2.45, 2.75) is 13.0 Å². The van der Waals surface area contributed by atoms with E-state index in [1.807, 2.05) is 12.1 Å². The zero-order valence-corrected chi connectivity index (χ0v) is 15.5. The standard InChI is InChI=1S/C19H20N4O3S/c24-19(16-6-7-18-21-27(25,26)13-12-23(18)14-16)20-9-3-10-22-11-8-15-4-1-2-5-17(15)22/h1-2,4-8,11,14H,3,9-10,12-13H2,(H,20,24). The van der Waals surface area contributed by atoms with Crippen molar-refractivity contribution in [2.24, 2.45) is 4.40 Å². The molecule has 0 spiro atoms. The summed E-state index contributed by atoms with van der Waals surface area (Å²) in [5.41, 5.74) is 1.69. The van der Waals surface area contributed by atoms with Crippen LogP contribution in [0.3, 0.4) is 0 Å². The summed E-state index contributed by atoms with van der Waals surface area (Å²) in [5.74, 6) is 0.147. The predicted molar refractivity (Wildman–Crippen MR) is 105 cm³/mol. The van der Waals surface area contributed by atoms with Gasteiger partial charge in [-0.2, -0.15) is 0 Å². The van der Waals surface area contributed by atoms with E-state index in [9.17, 15) is 13.2 Å². The number of hydrogen-bond acceptors (Lipinski definition) is 4. The maximum absolute atomic E-state index is 12.4. The molecule has 2 aromatic rings. The normalized spacial score (nSPS) is 18.0. The number of aromatic nitrogens is 1. The molecule has 0 aliphatic carbocycles. The molecule has 3 heterocycles. The molecule has 2 aliphatic heterocycles. The molecule has 0 saturated carbocycles. The minimum atomic E-state index is -3.38. The van der Waals surface area contributed by atoms with Crippen LogP contribution in [0.5, 0.6) is 0 Å². The zero-order valence-electron chi connectivity index (χ0n) is 14.7. The van der Waals surface area contributed by atoms with Gasteiger partial charge in [-0.05, 0) is 36.1 Å². The lowest BCUT2D eigenvalue weighted by Gasteiger charge is -2.26. The number of hydrogen-bond donors (Lipinski definition) is 1. The fourth-order valence-corrected chi connectivity index (χ4v) is 4.19. The van der Waals surface area contributed by atoms with Gasteiger partial charge in [0.2, 0.25) is 0 Å². The third-order valence-corrected chi connectivity index (χ3v) is 5.79. The Hall–Kier alpha value is -2.87. The molecule has 140 valence electrons. The van der Waals surface area contributed by atoms with Gasteiger partial charge in [0.05, 0.1) is 11.3 Å². The summed E-state index contributed by atoms with van der Waals surface area (Å²) >= 11 is 0. The Morgan fingerprint density at radius 1 is 1.19 bits per heavy atom. The average molecular weight is 384 g/mol. The van der Waals surface area contributed by atoms with Crippen LogP contribution >= 0.6 is 0 Å². The van der Waals surface area contributed by atoms with Crippen molar-refractivity contribution < 1.29 is 13.2 Å². The van der Waals surface area contributed by atoms with Crippen LogP contribution in [0.1, 0.15) is 6.42 Å². The number of para-hydroxylation sites is 1. The minimum absolute atomic E-state index is 0.0411. The number of carbonyl (C=O) groups is 1. The van der Waals surface area contributed by atoms with E-state index in [-0.39, 0.29) is 11.7 Å². The number of carbonyl (C=O) groups excluding carboxylic acids is 1. The van der Waals surface area contributed by atoms with Crippen LogP contribution < -0.4 is 5.32 Å². The molecule has 0 atom stereocenters. The maximum atomic E-state index is 12.4. The molecule has 4 rings (SSSR count). The fraction of sp³-hybridized carbons (Fsp3) is 0.263. The molecular weight excluding hydrogens is 364 g/mol. The zero-order chi connectivity index (χ0) is 18.9. The molecule has 27 heavy (non-hydrogen) atoms. The molecule has 0 unspecified atom stereocenters. The molecule has 0 saturated heterocycles. The summed E-state index contributed by atoms with van der Waals surface area (Å²) in [6.45, 7) is 1.69. The number of aryl methyl sites for hydroxylation is 1. The molecule has 0 fully saturated rings. The Balaban J connectivity index is 1.31. The summed E-state index contributed by atoms with van der Waals surface area (Å²) in [6, 6.07) is 10.3. The predicted octanol–water partition coefficient (Wildman–Crippen LogP) is 1.65. The molecule has 1 aromatic carbocycles. The molecule has 0 radical (unpaired) electrons. The first kappa shape index (κ1) is 17.5. The van der Waals surface area contributed by atoms with E-state index >= 15 is 0 Å². The number of nitrogens with zero attached hydrogens (tertiary/aromatic N) is 3. The summed E-state index contributed by atoms with van der Waals surface area (Å²) in [7, 11) is -3.38. The van der Waals surface area contributed by atoms with Crippen molar-refractivity contribution in [1.82, 2.24) is 14.8 Å². The lowest BCUT2D eigenvalue weighted by Crippen LogP contribution is -2.38. The molecule has 7 nitrogen and oxygen atoms in total. The monoisotopic (exact) mass is 384 g/mol. The Bertz CT molecular complexity index is 1080. The van der Waals surface area contributed by atoms with Crippen molar-refractivity contribution in [3.8, 4) is 0 Å². The highest BCUT2D eigenvalue weighted by Gasteiger charge is 2.24. The molecule has 0 bridgehead atoms. The third kappa shape index (κ3) is 3.80. The summed E-state index contributed by atoms with van der Waals surface area (Å²) in [4.78, 5) is 14.0. The number of fused-ring (bicyclic) bond motifs is 2. The smallest absolute Gasteiger partial charge is 0.256 e. The fourth-order valence-electron chi connectivity index (χ4n) is 3.22. The van der Waals surface area contributed by atoms with Crippen LogP contribution in [0, 0.1) is 0 Å². The highest BCUT2D eigenvalue weighted by molar-refractivity contribution is 7.90. The first-order valence-electron chi connectivity index (χ1n) is 8.83. The number of rotatable bonds is 5. The van der Waals surface area contributed by atoms with Gasteiger partial charge in [-0.15, -0.1) is 4.40 Å². The van der Waals surface area contributed by atoms with Crippen LogP contribution in [-0.4, -0.2) is 48.5 Å². The van der Waals surface area contributed by atoms with Crippen LogP contribution in [0.25, 0.3) is 10.9 Å². The lowest BCUT2D eigenvalue weighted by molar-refractivity contribution is -0.117. The second-order valence-electron chi connectivity index (χ2n) is 6.52. The molecular formula is C19H20N4O3S. The SMILES string of the molecule is O=C(NCCCn1ccc2ccccc21)C1=CN2CCS(=O)(=O)N=C2C=C1. The van der Waals surface area contributed by atoms with E-state index < -0.39 is 10.0 Å². The first-order chi connectivity index (χ1) is 13.0. The molecule has 8 heteroatoms. The van der Waals surface area contributed by atoms with Gasteiger partial charge in [0, 0.05) is 37.5 Å². The second kappa shape index (κ2) is 7.03. The van der Waals surface area contributed by atoms with Gasteiger partial charge >= 0.3 is 0 Å². The Labute approximate surface area is 157 Å². The third-order valence-electron chi connectivity index (χ3n) is 4.63. The van der Waals surface area contributed by atoms with E-state index in [1.54, 1.807) is 23.3 Å². The Morgan fingerprint density at radius 3 is 2.93 bits per heavy atom. The van der Waals surface area contributed by atoms with E-state index in [2.05, 4.69) is 38.7 Å². The topological polar surface area (TPSA) is 83.8 Å². The summed E-state index contributed by atoms with van der Waals surface area (Å²) < 4.78 is 28.9. The average Bonchev–Trinajstić information content (AvgIpc) is 3.07. The van der Waals surface area contributed by atoms with Gasteiger partial charge in [-0.3, -0.25) is 4.79 Å². The van der Waals surface area contributed by atoms with E-state index in [0.717, 1.165) is 13.0 Å². The van der Waals surface area contributed by atoms with Gasteiger partial charge in [0.25, 0.3) is 15.9 Å². The van der Waals surface area contributed by atoms with Gasteiger partial charge in [-0.25, -0.2) is 8.42 Å². The first-order valence-corrected chi connectivity index (χ1v) is 10.4. The van der Waals surface area contributed by atoms with Gasteiger partial charge in [0.1, 0.15) is 5.84 Å². The number of amidine groups is 1. The highest BCUT2D eigenvalue weighted by Crippen LogP contribution is 2.16. The molecule has 1 amide bonds. The van der Waals surface area contributed by atoms with E-state index in [4.69, 9.17) is 0 Å². The number of benzene rings is 1. The molecule has 1 N–H and O–H groups in total. The quantitative estimate of drug-likeness (QED) is 0.795. The number of amides is 1. The van der Waals surface area contributed by atoms with Crippen LogP contribution in [0.4, 0.5) is 0 Å². The van der Waals surface area contributed by atoms with Gasteiger partial charge < -0.3 is 14.8 Å². The van der Waals surface area contributed by atoms with Crippen molar-refractivity contribution in [2.75, 3.05) is 18.8 Å². The largest absolute Gasteiger partial charge is 0.352 e. The van der Waals surface area contributed by atoms with Crippen LogP contribution in [-0.2, 0) is 21.4 Å². The van der Waals surface area contributed by atoms with Crippen LogP contribution in [0.2, 0.25) is 0 Å². The van der Waals surface area contributed by atoms with Gasteiger partial charge in [0.15, 0.2) is 0 Å². The number of sulfonamides is 1. The highest BCUT2D eigenvalue weighted by atomic mass is 32.2. The van der Waals surface area contributed by atoms with E-state index in [1.165, 1.54) is 10.9 Å². The van der Waals surface area contributed by atoms with Crippen molar-refractivity contribution in [3.63, 3.8) is 0 Å². The molecule has 1 aromatic heterocycles. The Kier molecular flexibility index (Phi) is 4.57. The van der Waals surface area contributed by atoms with E-state index in [0.29, 0.717) is 24.5 Å². The minimum Gasteiger partial charge on any atom is -0.352 e. The lowest BCUT2D eigenvalue weighted by atomic mass is 10.1. The maximum Gasteiger partial charge on any atom is 0.256 e. The van der Waals surface area contributed by atoms with Gasteiger partial charge in [-0.1, -0.05) is 18.2 Å². The molecule has 2 aliphatic rings. The van der Waals surface area contributed by atoms with Crippen molar-refractivity contribution in [3.05, 3.63) is 60.5 Å². The van der Waals surface area contributed by atoms with Crippen LogP contribution in [0.15, 0.2) is 64.9 Å². The summed E-state index contributed by atoms with van der Waals surface area (Å²) in [5, 5.41) is 4.13. The van der Waals surface area contributed by atoms with Crippen molar-refractivity contribution in [1.29, 1.82) is 0 Å².